The number of rotatable bonds is 7. The summed E-state index contributed by atoms with van der Waals surface area (Å²) in [6.45, 7) is 5.88. The summed E-state index contributed by atoms with van der Waals surface area (Å²) in [7, 11) is 0. The lowest BCUT2D eigenvalue weighted by Crippen LogP contribution is -2.42. The molecule has 2 heterocycles. The zero-order valence-corrected chi connectivity index (χ0v) is 14.7. The molecule has 0 saturated carbocycles. The minimum absolute atomic E-state index is 0.0113. The van der Waals surface area contributed by atoms with Crippen LogP contribution < -0.4 is 21.9 Å². The van der Waals surface area contributed by atoms with Crippen molar-refractivity contribution >= 4 is 17.4 Å². The molecule has 8 heteroatoms. The molecular weight excluding hydrogens is 324 g/mol. The van der Waals surface area contributed by atoms with E-state index in [0.29, 0.717) is 12.3 Å². The Hall–Kier alpha value is -2.77. The summed E-state index contributed by atoms with van der Waals surface area (Å²) in [5.74, 6) is -0.138. The molecule has 8 nitrogen and oxygen atoms in total. The van der Waals surface area contributed by atoms with Gasteiger partial charge >= 0.3 is 5.69 Å². The number of nitrogens with two attached hydrogens (primary N) is 1. The summed E-state index contributed by atoms with van der Waals surface area (Å²) < 4.78 is 6.59. The van der Waals surface area contributed by atoms with Gasteiger partial charge in [0, 0.05) is 12.5 Å². The molecule has 3 N–H and O–H groups in total. The average molecular weight is 348 g/mol. The fourth-order valence-corrected chi connectivity index (χ4v) is 2.51. The lowest BCUT2D eigenvalue weighted by Gasteiger charge is -2.25. The third kappa shape index (κ3) is 4.01. The Balaban J connectivity index is 2.57. The van der Waals surface area contributed by atoms with Gasteiger partial charge in [-0.25, -0.2) is 4.79 Å². The SMILES string of the molecule is CCCCn1c(N)c(N(Cc2ccco2)C(=O)C(C)C)c(=O)[nH]c1=O. The number of nitrogens with one attached hydrogen (secondary N) is 1. The van der Waals surface area contributed by atoms with Crippen LogP contribution in [-0.4, -0.2) is 15.5 Å². The number of H-pyrrole nitrogens is 1. The number of aromatic amines is 1. The van der Waals surface area contributed by atoms with Crippen LogP contribution in [0.25, 0.3) is 0 Å². The van der Waals surface area contributed by atoms with Crippen molar-refractivity contribution < 1.29 is 9.21 Å². The molecule has 0 unspecified atom stereocenters. The Morgan fingerprint density at radius 1 is 1.40 bits per heavy atom. The number of hydrogen-bond donors (Lipinski definition) is 2. The summed E-state index contributed by atoms with van der Waals surface area (Å²) in [6, 6.07) is 3.40. The Morgan fingerprint density at radius 2 is 2.12 bits per heavy atom. The van der Waals surface area contributed by atoms with Crippen molar-refractivity contribution in [2.75, 3.05) is 10.6 Å². The Bertz CT molecular complexity index is 833. The van der Waals surface area contributed by atoms with Crippen molar-refractivity contribution in [3.63, 3.8) is 0 Å². The number of unbranched alkanes of at least 4 members (excludes halogenated alkanes) is 1. The van der Waals surface area contributed by atoms with Gasteiger partial charge in [-0.2, -0.15) is 0 Å². The van der Waals surface area contributed by atoms with Crippen LogP contribution in [0.15, 0.2) is 32.4 Å². The summed E-state index contributed by atoms with van der Waals surface area (Å²) in [5.41, 5.74) is 4.83. The number of nitrogens with zero attached hydrogens (tertiary/aromatic N) is 2. The second-order valence-corrected chi connectivity index (χ2v) is 6.16. The predicted octanol–water partition coefficient (Wildman–Crippen LogP) is 1.70. The monoisotopic (exact) mass is 348 g/mol. The quantitative estimate of drug-likeness (QED) is 0.790. The van der Waals surface area contributed by atoms with E-state index in [1.165, 1.54) is 15.7 Å². The number of carbonyl (C=O) groups is 1. The fourth-order valence-electron chi connectivity index (χ4n) is 2.51. The number of anilines is 2. The molecule has 2 rings (SSSR count). The van der Waals surface area contributed by atoms with E-state index in [4.69, 9.17) is 10.2 Å². The molecule has 0 aliphatic rings. The molecule has 0 spiro atoms. The van der Waals surface area contributed by atoms with Gasteiger partial charge in [0.25, 0.3) is 5.56 Å². The van der Waals surface area contributed by atoms with Gasteiger partial charge in [0.1, 0.15) is 11.6 Å². The van der Waals surface area contributed by atoms with Crippen molar-refractivity contribution in [2.24, 2.45) is 5.92 Å². The first-order valence-electron chi connectivity index (χ1n) is 8.33. The van der Waals surface area contributed by atoms with E-state index in [1.807, 2.05) is 6.92 Å². The first kappa shape index (κ1) is 18.6. The second kappa shape index (κ2) is 7.87. The van der Waals surface area contributed by atoms with Crippen molar-refractivity contribution in [3.05, 3.63) is 45.0 Å². The number of hydrogen-bond acceptors (Lipinski definition) is 5. The predicted molar refractivity (Wildman–Crippen MR) is 95.4 cm³/mol. The lowest BCUT2D eigenvalue weighted by molar-refractivity contribution is -0.121. The Kier molecular flexibility index (Phi) is 5.84. The highest BCUT2D eigenvalue weighted by atomic mass is 16.3. The van der Waals surface area contributed by atoms with E-state index in [9.17, 15) is 14.4 Å². The molecule has 0 aliphatic carbocycles. The highest BCUT2D eigenvalue weighted by Crippen LogP contribution is 2.22. The van der Waals surface area contributed by atoms with Gasteiger partial charge < -0.3 is 10.2 Å². The smallest absolute Gasteiger partial charge is 0.330 e. The zero-order chi connectivity index (χ0) is 18.6. The Morgan fingerprint density at radius 3 is 2.68 bits per heavy atom. The van der Waals surface area contributed by atoms with Crippen LogP contribution in [0.2, 0.25) is 0 Å². The van der Waals surface area contributed by atoms with Crippen molar-refractivity contribution in [1.29, 1.82) is 0 Å². The number of furan rings is 1. The van der Waals surface area contributed by atoms with Crippen molar-refractivity contribution in [1.82, 2.24) is 9.55 Å². The molecule has 2 aromatic heterocycles. The fraction of sp³-hybridized carbons (Fsp3) is 0.471. The molecule has 1 amide bonds. The van der Waals surface area contributed by atoms with Gasteiger partial charge in [-0.05, 0) is 18.6 Å². The molecular formula is C17H24N4O4. The molecule has 25 heavy (non-hydrogen) atoms. The van der Waals surface area contributed by atoms with E-state index >= 15 is 0 Å². The van der Waals surface area contributed by atoms with Crippen LogP contribution in [0, 0.1) is 5.92 Å². The van der Waals surface area contributed by atoms with E-state index in [1.54, 1.807) is 26.0 Å². The summed E-state index contributed by atoms with van der Waals surface area (Å²) in [4.78, 5) is 40.7. The second-order valence-electron chi connectivity index (χ2n) is 6.16. The minimum atomic E-state index is -0.684. The molecule has 136 valence electrons. The van der Waals surface area contributed by atoms with E-state index in [2.05, 4.69) is 4.98 Å². The van der Waals surface area contributed by atoms with Gasteiger partial charge in [-0.3, -0.25) is 24.0 Å². The molecule has 0 fully saturated rings. The summed E-state index contributed by atoms with van der Waals surface area (Å²) in [6.07, 6.45) is 3.08. The zero-order valence-electron chi connectivity index (χ0n) is 14.7. The third-order valence-electron chi connectivity index (χ3n) is 3.87. The van der Waals surface area contributed by atoms with Gasteiger partial charge in [-0.1, -0.05) is 27.2 Å². The third-order valence-corrected chi connectivity index (χ3v) is 3.87. The van der Waals surface area contributed by atoms with Crippen LogP contribution in [0.3, 0.4) is 0 Å². The van der Waals surface area contributed by atoms with E-state index < -0.39 is 11.2 Å². The summed E-state index contributed by atoms with van der Waals surface area (Å²) >= 11 is 0. The lowest BCUT2D eigenvalue weighted by atomic mass is 10.1. The van der Waals surface area contributed by atoms with Gasteiger partial charge in [0.05, 0.1) is 12.8 Å². The van der Waals surface area contributed by atoms with E-state index in [-0.39, 0.29) is 29.9 Å². The number of aromatic nitrogens is 2. The maximum absolute atomic E-state index is 12.7. The maximum Gasteiger partial charge on any atom is 0.330 e. The first-order chi connectivity index (χ1) is 11.9. The van der Waals surface area contributed by atoms with E-state index in [0.717, 1.165) is 12.8 Å². The summed E-state index contributed by atoms with van der Waals surface area (Å²) in [5, 5.41) is 0. The molecule has 0 aliphatic heterocycles. The van der Waals surface area contributed by atoms with Crippen molar-refractivity contribution in [3.8, 4) is 0 Å². The highest BCUT2D eigenvalue weighted by Gasteiger charge is 2.26. The molecule has 2 aromatic rings. The van der Waals surface area contributed by atoms with Crippen LogP contribution in [0.5, 0.6) is 0 Å². The maximum atomic E-state index is 12.7. The highest BCUT2D eigenvalue weighted by molar-refractivity contribution is 5.96. The molecule has 0 bridgehead atoms. The standard InChI is InChI=1S/C17H24N4O4/c1-4-5-8-20-14(18)13(15(22)19-17(20)24)21(16(23)11(2)3)10-12-7-6-9-25-12/h6-7,9,11H,4-5,8,10,18H2,1-3H3,(H,19,22,24). The number of nitrogen functional groups attached to an aromatic ring is 1. The van der Waals surface area contributed by atoms with Crippen LogP contribution in [0.4, 0.5) is 11.5 Å². The Labute approximate surface area is 145 Å². The molecule has 0 aromatic carbocycles. The molecule has 0 atom stereocenters. The minimum Gasteiger partial charge on any atom is -0.467 e. The topological polar surface area (TPSA) is 114 Å². The molecule has 0 saturated heterocycles. The largest absolute Gasteiger partial charge is 0.467 e. The van der Waals surface area contributed by atoms with Gasteiger partial charge in [0.2, 0.25) is 5.91 Å². The number of carbonyl (C=O) groups excluding carboxylic acids is 1. The van der Waals surface area contributed by atoms with Crippen LogP contribution in [-0.2, 0) is 17.9 Å². The van der Waals surface area contributed by atoms with Gasteiger partial charge in [0.15, 0.2) is 5.69 Å². The molecule has 0 radical (unpaired) electrons. The number of amides is 1. The first-order valence-corrected chi connectivity index (χ1v) is 8.33. The van der Waals surface area contributed by atoms with Crippen molar-refractivity contribution in [2.45, 2.75) is 46.7 Å². The van der Waals surface area contributed by atoms with Gasteiger partial charge in [-0.15, -0.1) is 0 Å². The average Bonchev–Trinajstić information content (AvgIpc) is 3.05. The van der Waals surface area contributed by atoms with Crippen LogP contribution >= 0.6 is 0 Å². The normalized spacial score (nSPS) is 11.0. The van der Waals surface area contributed by atoms with Crippen LogP contribution in [0.1, 0.15) is 39.4 Å².